The zero-order valence-corrected chi connectivity index (χ0v) is 26.1. The van der Waals surface area contributed by atoms with Crippen molar-refractivity contribution in [2.45, 2.75) is 76.9 Å². The second kappa shape index (κ2) is 11.9. The Kier molecular flexibility index (Phi) is 7.62. The van der Waals surface area contributed by atoms with Gasteiger partial charge in [0.15, 0.2) is 0 Å². The van der Waals surface area contributed by atoms with Crippen LogP contribution in [0.25, 0.3) is 33.4 Å². The van der Waals surface area contributed by atoms with Crippen LogP contribution < -0.4 is 0 Å². The summed E-state index contributed by atoms with van der Waals surface area (Å²) in [6, 6.07) is 16.3. The quantitative estimate of drug-likeness (QED) is 0.203. The molecule has 2 fully saturated rings. The molecule has 2 N–H and O–H groups in total. The van der Waals surface area contributed by atoms with Crippen LogP contribution in [0.5, 0.6) is 0 Å². The summed E-state index contributed by atoms with van der Waals surface area (Å²) in [7, 11) is 0. The van der Waals surface area contributed by atoms with Gasteiger partial charge in [0.25, 0.3) is 0 Å². The van der Waals surface area contributed by atoms with Gasteiger partial charge in [0.2, 0.25) is 0 Å². The number of carbonyl (C=O) groups excluding carboxylic acids is 1. The maximum absolute atomic E-state index is 12.7. The number of aromatic nitrogens is 5. The van der Waals surface area contributed by atoms with Gasteiger partial charge in [0, 0.05) is 40.7 Å². The molecule has 0 spiro atoms. The van der Waals surface area contributed by atoms with Crippen molar-refractivity contribution in [2.24, 2.45) is 0 Å². The van der Waals surface area contributed by atoms with Crippen LogP contribution >= 0.6 is 0 Å². The van der Waals surface area contributed by atoms with E-state index >= 15 is 0 Å². The molecule has 2 aliphatic rings. The maximum atomic E-state index is 12.7. The monoisotopic (exact) mass is 598 g/mol. The number of nitrogens with one attached hydrogen (secondary N) is 2. The molecule has 1 aliphatic heterocycles. The minimum absolute atomic E-state index is 0.110. The van der Waals surface area contributed by atoms with Crippen molar-refractivity contribution >= 4 is 17.0 Å². The summed E-state index contributed by atoms with van der Waals surface area (Å²) >= 11 is 0. The average molecular weight is 599 g/mol. The number of pyridine rings is 1. The molecule has 1 amide bonds. The van der Waals surface area contributed by atoms with Gasteiger partial charge in [-0.15, -0.1) is 0 Å². The lowest BCUT2D eigenvalue weighted by atomic mass is 10.1. The van der Waals surface area contributed by atoms with E-state index in [1.807, 2.05) is 75.8 Å². The van der Waals surface area contributed by atoms with Crippen LogP contribution in [0.15, 0.2) is 67.1 Å². The van der Waals surface area contributed by atoms with Crippen LogP contribution in [0.1, 0.15) is 94.0 Å². The molecule has 228 valence electrons. The van der Waals surface area contributed by atoms with E-state index < -0.39 is 5.60 Å². The van der Waals surface area contributed by atoms with Crippen molar-refractivity contribution in [3.63, 3.8) is 0 Å². The first-order valence-electron chi connectivity index (χ1n) is 15.9. The number of nitrogens with zero attached hydrogens (tertiary/aromatic N) is 4. The highest BCUT2D eigenvalue weighted by atomic mass is 16.6. The Bertz CT molecular complexity index is 1900. The van der Waals surface area contributed by atoms with E-state index in [0.29, 0.717) is 12.5 Å². The topological polar surface area (TPSA) is 99.8 Å². The van der Waals surface area contributed by atoms with Gasteiger partial charge in [0.05, 0.1) is 35.3 Å². The van der Waals surface area contributed by atoms with Crippen molar-refractivity contribution in [3.8, 4) is 34.4 Å². The van der Waals surface area contributed by atoms with Gasteiger partial charge in [-0.3, -0.25) is 9.88 Å². The fourth-order valence-corrected chi connectivity index (χ4v) is 6.36. The zero-order valence-electron chi connectivity index (χ0n) is 26.1. The van der Waals surface area contributed by atoms with E-state index in [2.05, 4.69) is 43.9 Å². The lowest BCUT2D eigenvalue weighted by Crippen LogP contribution is -2.36. The number of benzene rings is 2. The molecule has 0 unspecified atom stereocenters. The molecule has 4 heterocycles. The molecule has 3 aromatic heterocycles. The van der Waals surface area contributed by atoms with Crippen LogP contribution in [0.4, 0.5) is 4.79 Å². The number of amides is 1. The Morgan fingerprint density at radius 3 is 2.27 bits per heavy atom. The Balaban J connectivity index is 1.02. The summed E-state index contributed by atoms with van der Waals surface area (Å²) < 4.78 is 5.62. The number of aromatic amines is 2. The minimum atomic E-state index is -0.529. The highest BCUT2D eigenvalue weighted by Crippen LogP contribution is 2.34. The van der Waals surface area contributed by atoms with Gasteiger partial charge < -0.3 is 14.7 Å². The molecule has 8 nitrogen and oxygen atoms in total. The predicted molar refractivity (Wildman–Crippen MR) is 175 cm³/mol. The number of fused-ring (bicyclic) bond motifs is 1. The van der Waals surface area contributed by atoms with Crippen LogP contribution in [-0.2, 0) is 4.74 Å². The van der Waals surface area contributed by atoms with Gasteiger partial charge in [-0.2, -0.15) is 0 Å². The number of hydrogen-bond donors (Lipinski definition) is 2. The van der Waals surface area contributed by atoms with E-state index in [-0.39, 0.29) is 12.1 Å². The molecular formula is C37H38N6O2. The molecule has 1 atom stereocenters. The third-order valence-electron chi connectivity index (χ3n) is 8.67. The van der Waals surface area contributed by atoms with Crippen molar-refractivity contribution in [1.29, 1.82) is 0 Å². The largest absolute Gasteiger partial charge is 0.444 e. The number of H-pyrrole nitrogens is 2. The Hall–Kier alpha value is -4.90. The third kappa shape index (κ3) is 6.34. The van der Waals surface area contributed by atoms with Gasteiger partial charge in [0.1, 0.15) is 17.2 Å². The summed E-state index contributed by atoms with van der Waals surface area (Å²) in [6.07, 6.45) is 12.2. The van der Waals surface area contributed by atoms with Crippen LogP contribution in [0.3, 0.4) is 0 Å². The van der Waals surface area contributed by atoms with Crippen molar-refractivity contribution in [2.75, 3.05) is 6.54 Å². The van der Waals surface area contributed by atoms with E-state index in [4.69, 9.17) is 9.72 Å². The summed E-state index contributed by atoms with van der Waals surface area (Å²) in [5.41, 5.74) is 6.21. The molecule has 2 aromatic carbocycles. The second-order valence-electron chi connectivity index (χ2n) is 13.1. The molecule has 1 saturated heterocycles. The molecule has 1 aliphatic carbocycles. The van der Waals surface area contributed by atoms with E-state index in [9.17, 15) is 4.79 Å². The molecule has 5 aromatic rings. The molecule has 0 radical (unpaired) electrons. The van der Waals surface area contributed by atoms with Crippen molar-refractivity contribution in [3.05, 3.63) is 89.9 Å². The van der Waals surface area contributed by atoms with E-state index in [0.717, 1.165) is 69.0 Å². The third-order valence-corrected chi connectivity index (χ3v) is 8.67. The van der Waals surface area contributed by atoms with Gasteiger partial charge in [-0.1, -0.05) is 42.9 Å². The second-order valence-corrected chi connectivity index (χ2v) is 13.1. The highest BCUT2D eigenvalue weighted by molar-refractivity contribution is 5.84. The standard InChI is InChI=1S/C37H38N6O2/c1-37(2,3)45-36(44)43-18-6-9-33(43)35-40-22-31(42-35)26-15-12-24(13-16-26)10-11-25-14-17-28-20-29(21-38-30(28)19-25)32-23-39-34(41-32)27-7-4-5-8-27/h12-17,19-23,27,33H,4-9,18H2,1-3H3,(H,39,41)(H,40,42)/t33-/m0/s1. The van der Waals surface area contributed by atoms with Crippen LogP contribution in [0, 0.1) is 11.8 Å². The number of likely N-dealkylation sites (tertiary alicyclic amines) is 1. The SMILES string of the molecule is CC(C)(C)OC(=O)N1CCC[C@H]1c1ncc(-c2ccc(C#Cc3ccc4cc(-c5cnc(C6CCCC6)[nH]5)cnc4c3)cc2)[nH]1. The molecule has 0 bridgehead atoms. The lowest BCUT2D eigenvalue weighted by Gasteiger charge is -2.27. The lowest BCUT2D eigenvalue weighted by molar-refractivity contribution is 0.0218. The molecule has 1 saturated carbocycles. The first-order chi connectivity index (χ1) is 21.8. The minimum Gasteiger partial charge on any atom is -0.444 e. The summed E-state index contributed by atoms with van der Waals surface area (Å²) in [6.45, 7) is 6.33. The Labute approximate surface area is 263 Å². The normalized spacial score (nSPS) is 17.0. The first-order valence-corrected chi connectivity index (χ1v) is 15.9. The number of carbonyl (C=O) groups is 1. The fraction of sp³-hybridized carbons (Fsp3) is 0.351. The van der Waals surface area contributed by atoms with Crippen LogP contribution in [-0.4, -0.2) is 48.1 Å². The van der Waals surface area contributed by atoms with Crippen molar-refractivity contribution < 1.29 is 9.53 Å². The number of imidazole rings is 2. The number of ether oxygens (including phenoxy) is 1. The molecule has 45 heavy (non-hydrogen) atoms. The Morgan fingerprint density at radius 2 is 1.49 bits per heavy atom. The van der Waals surface area contributed by atoms with Gasteiger partial charge in [-0.25, -0.2) is 14.8 Å². The summed E-state index contributed by atoms with van der Waals surface area (Å²) in [5, 5.41) is 1.07. The van der Waals surface area contributed by atoms with Crippen molar-refractivity contribution in [1.82, 2.24) is 29.8 Å². The molecule has 8 heteroatoms. The average Bonchev–Trinajstić information content (AvgIpc) is 3.85. The van der Waals surface area contributed by atoms with E-state index in [1.54, 1.807) is 4.90 Å². The Morgan fingerprint density at radius 1 is 0.800 bits per heavy atom. The molecule has 7 rings (SSSR count). The van der Waals surface area contributed by atoms with E-state index in [1.165, 1.54) is 25.7 Å². The maximum Gasteiger partial charge on any atom is 0.410 e. The first kappa shape index (κ1) is 28.8. The van der Waals surface area contributed by atoms with Gasteiger partial charge in [-0.05, 0) is 82.3 Å². The number of rotatable bonds is 4. The highest BCUT2D eigenvalue weighted by Gasteiger charge is 2.34. The fourth-order valence-electron chi connectivity index (χ4n) is 6.36. The smallest absolute Gasteiger partial charge is 0.410 e. The zero-order chi connectivity index (χ0) is 31.0. The number of hydrogen-bond acceptors (Lipinski definition) is 5. The van der Waals surface area contributed by atoms with Gasteiger partial charge >= 0.3 is 6.09 Å². The summed E-state index contributed by atoms with van der Waals surface area (Å²) in [4.78, 5) is 35.5. The van der Waals surface area contributed by atoms with Crippen LogP contribution in [0.2, 0.25) is 0 Å². The summed E-state index contributed by atoms with van der Waals surface area (Å²) in [5.74, 6) is 9.02. The predicted octanol–water partition coefficient (Wildman–Crippen LogP) is 8.14. The molecular weight excluding hydrogens is 560 g/mol.